The zero-order valence-corrected chi connectivity index (χ0v) is 15.1. The van der Waals surface area contributed by atoms with Gasteiger partial charge >= 0.3 is 0 Å². The number of nitrogens with zero attached hydrogens (tertiary/aromatic N) is 3. The van der Waals surface area contributed by atoms with Crippen LogP contribution in [-0.2, 0) is 0 Å². The Labute approximate surface area is 157 Å². The van der Waals surface area contributed by atoms with Gasteiger partial charge in [-0.05, 0) is 37.1 Å². The van der Waals surface area contributed by atoms with Crippen LogP contribution < -0.4 is 10.5 Å². The van der Waals surface area contributed by atoms with Crippen LogP contribution in [0, 0.1) is 23.1 Å². The van der Waals surface area contributed by atoms with Crippen molar-refractivity contribution >= 4 is 48.2 Å². The van der Waals surface area contributed by atoms with E-state index in [1.807, 2.05) is 6.07 Å². The molecule has 3 heterocycles. The first kappa shape index (κ1) is 16.2. The number of halogens is 1. The minimum absolute atomic E-state index is 0.110. The zero-order chi connectivity index (χ0) is 18.5. The second kappa shape index (κ2) is 6.03. The lowest BCUT2D eigenvalue weighted by atomic mass is 9.99. The molecule has 1 fully saturated rings. The number of hydrogen-bond donors (Lipinski definition) is 1. The summed E-state index contributed by atoms with van der Waals surface area (Å²) in [5, 5.41) is 12.6. The van der Waals surface area contributed by atoms with Crippen molar-refractivity contribution in [3.05, 3.63) is 46.6 Å². The summed E-state index contributed by atoms with van der Waals surface area (Å²) in [6, 6.07) is 8.71. The molecule has 5 nitrogen and oxygen atoms in total. The summed E-state index contributed by atoms with van der Waals surface area (Å²) in [6.07, 6.45) is 3.28. The van der Waals surface area contributed by atoms with Crippen molar-refractivity contribution in [2.45, 2.75) is 12.8 Å². The molecule has 0 radical (unpaired) electrons. The fourth-order valence-corrected chi connectivity index (χ4v) is 5.04. The second-order valence-corrected chi connectivity index (χ2v) is 7.83. The first-order chi connectivity index (χ1) is 13.2. The number of fused-ring (bicyclic) bond motifs is 6. The molecule has 5 rings (SSSR count). The standard InChI is InChI=1S/C20H15FN4OS/c21-12-1-2-13-15(9-12)16-14(3-6-23-19(16)26)18-17(13)24-20(27-18)25-7-4-11(10-22)5-8-25/h1-3,6,9,11H,4-5,7-8H2,(H,23,26). The molecule has 1 N–H and O–H groups in total. The third-order valence-corrected chi connectivity index (χ3v) is 6.42. The van der Waals surface area contributed by atoms with E-state index in [-0.39, 0.29) is 17.3 Å². The highest BCUT2D eigenvalue weighted by Gasteiger charge is 2.23. The van der Waals surface area contributed by atoms with Crippen molar-refractivity contribution < 1.29 is 4.39 Å². The Morgan fingerprint density at radius 3 is 2.81 bits per heavy atom. The molecule has 0 aliphatic carbocycles. The Kier molecular flexibility index (Phi) is 3.62. The molecule has 1 aliphatic rings. The molecule has 0 spiro atoms. The Morgan fingerprint density at radius 1 is 1.22 bits per heavy atom. The van der Waals surface area contributed by atoms with Crippen LogP contribution in [0.15, 0.2) is 35.3 Å². The third-order valence-electron chi connectivity index (χ3n) is 5.28. The van der Waals surface area contributed by atoms with Crippen molar-refractivity contribution in [3.8, 4) is 6.07 Å². The van der Waals surface area contributed by atoms with E-state index in [1.165, 1.54) is 12.1 Å². The van der Waals surface area contributed by atoms with Gasteiger partial charge in [-0.2, -0.15) is 5.26 Å². The summed E-state index contributed by atoms with van der Waals surface area (Å²) >= 11 is 1.56. The number of anilines is 1. The number of aromatic nitrogens is 2. The van der Waals surface area contributed by atoms with Crippen LogP contribution in [0.1, 0.15) is 12.8 Å². The Bertz CT molecular complexity index is 1290. The van der Waals surface area contributed by atoms with E-state index in [4.69, 9.17) is 10.2 Å². The van der Waals surface area contributed by atoms with Crippen molar-refractivity contribution in [1.29, 1.82) is 5.26 Å². The molecule has 4 aromatic rings. The first-order valence-electron chi connectivity index (χ1n) is 8.83. The number of nitriles is 1. The van der Waals surface area contributed by atoms with Gasteiger partial charge in [-0.25, -0.2) is 9.37 Å². The normalized spacial score (nSPS) is 15.6. The minimum atomic E-state index is -0.375. The summed E-state index contributed by atoms with van der Waals surface area (Å²) in [4.78, 5) is 22.2. The van der Waals surface area contributed by atoms with Crippen LogP contribution in [-0.4, -0.2) is 23.1 Å². The highest BCUT2D eigenvalue weighted by molar-refractivity contribution is 7.23. The van der Waals surface area contributed by atoms with E-state index < -0.39 is 0 Å². The number of hydrogen-bond acceptors (Lipinski definition) is 5. The lowest BCUT2D eigenvalue weighted by Crippen LogP contribution is -2.33. The van der Waals surface area contributed by atoms with Gasteiger partial charge in [0, 0.05) is 41.4 Å². The molecule has 134 valence electrons. The number of thiazole rings is 1. The van der Waals surface area contributed by atoms with E-state index in [2.05, 4.69) is 16.0 Å². The second-order valence-electron chi connectivity index (χ2n) is 6.85. The van der Waals surface area contributed by atoms with E-state index in [0.717, 1.165) is 52.1 Å². The van der Waals surface area contributed by atoms with E-state index in [9.17, 15) is 9.18 Å². The van der Waals surface area contributed by atoms with E-state index in [0.29, 0.717) is 10.8 Å². The fraction of sp³-hybridized carbons (Fsp3) is 0.250. The molecule has 0 amide bonds. The maximum atomic E-state index is 13.9. The zero-order valence-electron chi connectivity index (χ0n) is 14.3. The monoisotopic (exact) mass is 378 g/mol. The van der Waals surface area contributed by atoms with Crippen LogP contribution in [0.2, 0.25) is 0 Å². The highest BCUT2D eigenvalue weighted by atomic mass is 32.1. The predicted octanol–water partition coefficient (Wildman–Crippen LogP) is 4.17. The quantitative estimate of drug-likeness (QED) is 0.505. The summed E-state index contributed by atoms with van der Waals surface area (Å²) in [5.74, 6) is -0.265. The summed E-state index contributed by atoms with van der Waals surface area (Å²) in [7, 11) is 0. The number of aromatic amines is 1. The van der Waals surface area contributed by atoms with E-state index in [1.54, 1.807) is 23.6 Å². The van der Waals surface area contributed by atoms with Gasteiger partial charge in [-0.15, -0.1) is 0 Å². The molecule has 1 aliphatic heterocycles. The largest absolute Gasteiger partial charge is 0.348 e. The maximum Gasteiger partial charge on any atom is 0.256 e. The highest BCUT2D eigenvalue weighted by Crippen LogP contribution is 2.40. The van der Waals surface area contributed by atoms with Crippen molar-refractivity contribution in [2.24, 2.45) is 5.92 Å². The maximum absolute atomic E-state index is 13.9. The van der Waals surface area contributed by atoms with Gasteiger partial charge in [-0.3, -0.25) is 4.79 Å². The van der Waals surface area contributed by atoms with Crippen molar-refractivity contribution in [2.75, 3.05) is 18.0 Å². The number of rotatable bonds is 1. The smallest absolute Gasteiger partial charge is 0.256 e. The van der Waals surface area contributed by atoms with Crippen LogP contribution in [0.5, 0.6) is 0 Å². The fourth-order valence-electron chi connectivity index (χ4n) is 3.87. The van der Waals surface area contributed by atoms with Gasteiger partial charge in [-0.1, -0.05) is 11.3 Å². The summed E-state index contributed by atoms with van der Waals surface area (Å²) < 4.78 is 14.8. The lowest BCUT2D eigenvalue weighted by molar-refractivity contribution is 0.487. The van der Waals surface area contributed by atoms with Gasteiger partial charge in [0.1, 0.15) is 5.82 Å². The Hall–Kier alpha value is -2.98. The van der Waals surface area contributed by atoms with Gasteiger partial charge in [0.15, 0.2) is 5.13 Å². The minimum Gasteiger partial charge on any atom is -0.348 e. The summed E-state index contributed by atoms with van der Waals surface area (Å²) in [5.41, 5.74) is 0.570. The topological polar surface area (TPSA) is 72.8 Å². The predicted molar refractivity (Wildman–Crippen MR) is 106 cm³/mol. The molecule has 0 saturated carbocycles. The average molecular weight is 378 g/mol. The molecule has 2 aromatic heterocycles. The van der Waals surface area contributed by atoms with Gasteiger partial charge in [0.05, 0.1) is 21.7 Å². The number of pyridine rings is 1. The number of benzene rings is 2. The SMILES string of the molecule is N#CC1CCN(c2nc3c4ccc(F)cc4c4c(=O)[nH]ccc4c3s2)CC1. The molecule has 2 aromatic carbocycles. The first-order valence-corrected chi connectivity index (χ1v) is 9.65. The van der Waals surface area contributed by atoms with E-state index >= 15 is 0 Å². The average Bonchev–Trinajstić information content (AvgIpc) is 3.13. The van der Waals surface area contributed by atoms with Crippen molar-refractivity contribution in [1.82, 2.24) is 9.97 Å². The van der Waals surface area contributed by atoms with Crippen LogP contribution >= 0.6 is 11.3 Å². The molecule has 27 heavy (non-hydrogen) atoms. The molecule has 0 atom stereocenters. The molecule has 7 heteroatoms. The van der Waals surface area contributed by atoms with Crippen molar-refractivity contribution in [3.63, 3.8) is 0 Å². The number of H-pyrrole nitrogens is 1. The Balaban J connectivity index is 1.79. The summed E-state index contributed by atoms with van der Waals surface area (Å²) in [6.45, 7) is 1.59. The molecule has 1 saturated heterocycles. The van der Waals surface area contributed by atoms with Gasteiger partial charge < -0.3 is 9.88 Å². The van der Waals surface area contributed by atoms with Gasteiger partial charge in [0.2, 0.25) is 0 Å². The molecular formula is C20H15FN4OS. The molecule has 0 bridgehead atoms. The van der Waals surface area contributed by atoms with Gasteiger partial charge in [0.25, 0.3) is 5.56 Å². The van der Waals surface area contributed by atoms with Crippen LogP contribution in [0.25, 0.3) is 31.8 Å². The number of nitrogens with one attached hydrogen (secondary N) is 1. The number of piperidine rings is 1. The molecular weight excluding hydrogens is 363 g/mol. The Morgan fingerprint density at radius 2 is 2.04 bits per heavy atom. The van der Waals surface area contributed by atoms with Crippen LogP contribution in [0.3, 0.4) is 0 Å². The molecule has 0 unspecified atom stereocenters. The third kappa shape index (κ3) is 2.48. The lowest BCUT2D eigenvalue weighted by Gasteiger charge is -2.28. The van der Waals surface area contributed by atoms with Crippen LogP contribution in [0.4, 0.5) is 9.52 Å².